The quantitative estimate of drug-likeness (QED) is 0.476. The molecule has 0 unspecified atom stereocenters. The molecule has 4 aromatic heterocycles. The number of hydrogen-bond acceptors (Lipinski definition) is 7. The molecule has 1 aromatic carbocycles. The fourth-order valence-electron chi connectivity index (χ4n) is 3.29. The van der Waals surface area contributed by atoms with E-state index in [1.807, 2.05) is 41.0 Å². The molecule has 5 rings (SSSR count). The lowest BCUT2D eigenvalue weighted by Crippen LogP contribution is -2.02. The number of rotatable bonds is 4. The molecule has 0 amide bonds. The second kappa shape index (κ2) is 7.05. The number of aliphatic hydroxyl groups is 1. The molecule has 0 aliphatic carbocycles. The number of benzene rings is 1. The normalized spacial score (nSPS) is 11.7. The van der Waals surface area contributed by atoms with Crippen LogP contribution in [0.25, 0.3) is 39.6 Å². The van der Waals surface area contributed by atoms with E-state index >= 15 is 0 Å². The molecular weight excluding hydrogens is 380 g/mol. The van der Waals surface area contributed by atoms with E-state index in [0.29, 0.717) is 39.8 Å². The zero-order valence-electron chi connectivity index (χ0n) is 17.1. The van der Waals surface area contributed by atoms with Crippen LogP contribution < -0.4 is 5.73 Å². The standard InChI is InChI=1S/C21H18N8O/c1-28-24-11-18(27-28)16-8-9-17-21(25-16)29(14-6-4-13(12-30)5-7-14)20(26-17)15-3-2-10-23-19(15)22/h2-11,30H,12H2,1H3,(H2,22,23)/i11D. The summed E-state index contributed by atoms with van der Waals surface area (Å²) in [6, 6.07) is 14.7. The number of aliphatic hydroxyl groups excluding tert-OH is 1. The molecule has 148 valence electrons. The van der Waals surface area contributed by atoms with Crippen molar-refractivity contribution in [2.75, 3.05) is 5.73 Å². The van der Waals surface area contributed by atoms with Gasteiger partial charge >= 0.3 is 0 Å². The fraction of sp³-hybridized carbons (Fsp3) is 0.0952. The number of nitrogens with two attached hydrogens (primary N) is 1. The van der Waals surface area contributed by atoms with Crippen LogP contribution in [0.15, 0.2) is 60.9 Å². The Labute approximate surface area is 172 Å². The molecule has 0 radical (unpaired) electrons. The lowest BCUT2D eigenvalue weighted by Gasteiger charge is -2.11. The highest BCUT2D eigenvalue weighted by atomic mass is 16.3. The summed E-state index contributed by atoms with van der Waals surface area (Å²) >= 11 is 0. The zero-order chi connectivity index (χ0) is 21.5. The highest BCUT2D eigenvalue weighted by Gasteiger charge is 2.19. The van der Waals surface area contributed by atoms with Gasteiger partial charge in [-0.05, 0) is 42.0 Å². The SMILES string of the molecule is [2H]c1nn(C)nc1-c1ccc2nc(-c3cccnc3N)n(-c3ccc(CO)cc3)c2n1. The van der Waals surface area contributed by atoms with Gasteiger partial charge in [0.2, 0.25) is 0 Å². The Bertz CT molecular complexity index is 1410. The zero-order valence-corrected chi connectivity index (χ0v) is 16.1. The van der Waals surface area contributed by atoms with Crippen molar-refractivity contribution in [3.05, 3.63) is 66.5 Å². The number of pyridine rings is 2. The van der Waals surface area contributed by atoms with Gasteiger partial charge in [-0.3, -0.25) is 4.57 Å². The summed E-state index contributed by atoms with van der Waals surface area (Å²) in [5.41, 5.74) is 10.6. The Kier molecular flexibility index (Phi) is 3.95. The number of nitrogen functional groups attached to an aromatic ring is 1. The molecule has 0 saturated carbocycles. The van der Waals surface area contributed by atoms with Crippen LogP contribution in [0, 0.1) is 0 Å². The van der Waals surface area contributed by atoms with Gasteiger partial charge in [0.1, 0.15) is 17.0 Å². The van der Waals surface area contributed by atoms with Crippen molar-refractivity contribution in [2.24, 2.45) is 7.05 Å². The van der Waals surface area contributed by atoms with E-state index in [9.17, 15) is 5.11 Å². The van der Waals surface area contributed by atoms with Gasteiger partial charge in [-0.15, -0.1) is 0 Å². The van der Waals surface area contributed by atoms with Crippen LogP contribution in [-0.4, -0.2) is 39.6 Å². The molecule has 0 atom stereocenters. The van der Waals surface area contributed by atoms with Crippen molar-refractivity contribution >= 4 is 17.0 Å². The Hall–Kier alpha value is -4.11. The maximum absolute atomic E-state index is 9.40. The van der Waals surface area contributed by atoms with Crippen molar-refractivity contribution in [1.82, 2.24) is 34.5 Å². The summed E-state index contributed by atoms with van der Waals surface area (Å²) < 4.78 is 9.94. The summed E-state index contributed by atoms with van der Waals surface area (Å²) in [5.74, 6) is 0.945. The summed E-state index contributed by atoms with van der Waals surface area (Å²) in [6.45, 7) is -0.0469. The number of hydrogen-bond donors (Lipinski definition) is 2. The number of aryl methyl sites for hydroxylation is 1. The molecule has 0 aliphatic heterocycles. The summed E-state index contributed by atoms with van der Waals surface area (Å²) in [5, 5.41) is 17.7. The van der Waals surface area contributed by atoms with Gasteiger partial charge in [-0.25, -0.2) is 15.0 Å². The molecule has 9 nitrogen and oxygen atoms in total. The molecule has 5 aromatic rings. The van der Waals surface area contributed by atoms with Crippen LogP contribution in [0.4, 0.5) is 5.82 Å². The van der Waals surface area contributed by atoms with Gasteiger partial charge in [-0.1, -0.05) is 12.1 Å². The maximum atomic E-state index is 9.40. The molecule has 0 spiro atoms. The van der Waals surface area contributed by atoms with E-state index in [1.165, 1.54) is 4.80 Å². The minimum absolute atomic E-state index is 0.0458. The number of nitrogens with zero attached hydrogens (tertiary/aromatic N) is 7. The van der Waals surface area contributed by atoms with Gasteiger partial charge < -0.3 is 10.8 Å². The third-order valence-corrected chi connectivity index (χ3v) is 4.75. The first-order valence-corrected chi connectivity index (χ1v) is 9.24. The number of anilines is 1. The lowest BCUT2D eigenvalue weighted by atomic mass is 10.2. The molecule has 0 saturated heterocycles. The van der Waals surface area contributed by atoms with E-state index in [0.717, 1.165) is 11.3 Å². The van der Waals surface area contributed by atoms with E-state index in [-0.39, 0.29) is 12.8 Å². The van der Waals surface area contributed by atoms with Crippen LogP contribution in [0.1, 0.15) is 6.93 Å². The van der Waals surface area contributed by atoms with Gasteiger partial charge in [0.25, 0.3) is 0 Å². The third kappa shape index (κ3) is 2.97. The lowest BCUT2D eigenvalue weighted by molar-refractivity contribution is 0.282. The van der Waals surface area contributed by atoms with Crippen molar-refractivity contribution in [3.63, 3.8) is 0 Å². The fourth-order valence-corrected chi connectivity index (χ4v) is 3.29. The van der Waals surface area contributed by atoms with Gasteiger partial charge in [-0.2, -0.15) is 15.0 Å². The number of fused-ring (bicyclic) bond motifs is 1. The number of imidazole rings is 1. The smallest absolute Gasteiger partial charge is 0.165 e. The largest absolute Gasteiger partial charge is 0.392 e. The Morgan fingerprint density at radius 1 is 1.07 bits per heavy atom. The Morgan fingerprint density at radius 2 is 1.90 bits per heavy atom. The van der Waals surface area contributed by atoms with E-state index in [2.05, 4.69) is 15.2 Å². The van der Waals surface area contributed by atoms with Crippen molar-refractivity contribution < 1.29 is 6.48 Å². The van der Waals surface area contributed by atoms with Crippen LogP contribution >= 0.6 is 0 Å². The molecule has 4 heterocycles. The van der Waals surface area contributed by atoms with Gasteiger partial charge in [0.05, 0.1) is 25.4 Å². The van der Waals surface area contributed by atoms with Crippen molar-refractivity contribution in [1.29, 1.82) is 0 Å². The monoisotopic (exact) mass is 399 g/mol. The minimum atomic E-state index is -0.0469. The minimum Gasteiger partial charge on any atom is -0.392 e. The number of aromatic nitrogens is 7. The first kappa shape index (κ1) is 16.8. The Balaban J connectivity index is 1.80. The van der Waals surface area contributed by atoms with Gasteiger partial charge in [0, 0.05) is 18.9 Å². The van der Waals surface area contributed by atoms with Crippen LogP contribution in [0.2, 0.25) is 0 Å². The van der Waals surface area contributed by atoms with Crippen LogP contribution in [-0.2, 0) is 13.7 Å². The van der Waals surface area contributed by atoms with E-state index in [1.54, 1.807) is 25.4 Å². The van der Waals surface area contributed by atoms with Crippen molar-refractivity contribution in [3.8, 4) is 28.5 Å². The topological polar surface area (TPSA) is 121 Å². The van der Waals surface area contributed by atoms with Crippen LogP contribution in [0.5, 0.6) is 0 Å². The summed E-state index contributed by atoms with van der Waals surface area (Å²) in [6.07, 6.45) is 1.67. The molecule has 3 N–H and O–H groups in total. The predicted molar refractivity (Wildman–Crippen MR) is 112 cm³/mol. The molecule has 0 fully saturated rings. The molecular formula is C21H18N8O. The average Bonchev–Trinajstić information content (AvgIpc) is 3.32. The molecule has 30 heavy (non-hydrogen) atoms. The first-order chi connectivity index (χ1) is 15.0. The van der Waals surface area contributed by atoms with Crippen molar-refractivity contribution in [2.45, 2.75) is 6.61 Å². The highest BCUT2D eigenvalue weighted by molar-refractivity contribution is 5.84. The highest BCUT2D eigenvalue weighted by Crippen LogP contribution is 2.31. The molecule has 9 heteroatoms. The second-order valence-corrected chi connectivity index (χ2v) is 6.72. The van der Waals surface area contributed by atoms with E-state index < -0.39 is 0 Å². The third-order valence-electron chi connectivity index (χ3n) is 4.75. The van der Waals surface area contributed by atoms with E-state index in [4.69, 9.17) is 17.1 Å². The average molecular weight is 399 g/mol. The summed E-state index contributed by atoms with van der Waals surface area (Å²) in [7, 11) is 1.66. The Morgan fingerprint density at radius 3 is 2.60 bits per heavy atom. The maximum Gasteiger partial charge on any atom is 0.165 e. The summed E-state index contributed by atoms with van der Waals surface area (Å²) in [4.78, 5) is 15.1. The van der Waals surface area contributed by atoms with Gasteiger partial charge in [0.15, 0.2) is 11.5 Å². The predicted octanol–water partition coefficient (Wildman–Crippen LogP) is 2.35. The first-order valence-electron chi connectivity index (χ1n) is 9.74. The van der Waals surface area contributed by atoms with Crippen LogP contribution in [0.3, 0.4) is 0 Å². The molecule has 0 aliphatic rings. The second-order valence-electron chi connectivity index (χ2n) is 6.72. The molecule has 0 bridgehead atoms.